The molecule has 1 saturated heterocycles. The first-order valence-corrected chi connectivity index (χ1v) is 9.87. The Balaban J connectivity index is 1.61. The number of sulfonamides is 1. The molecular formula is C16H21N3O5S. The van der Waals surface area contributed by atoms with Crippen molar-refractivity contribution in [3.63, 3.8) is 0 Å². The molecule has 0 saturated carbocycles. The number of oxazole rings is 1. The fraction of sp³-hybridized carbons (Fsp3) is 0.500. The fourth-order valence-corrected chi connectivity index (χ4v) is 4.49. The molecule has 0 bridgehead atoms. The van der Waals surface area contributed by atoms with Crippen LogP contribution in [-0.4, -0.2) is 60.4 Å². The molecule has 0 aliphatic carbocycles. The van der Waals surface area contributed by atoms with Gasteiger partial charge >= 0.3 is 5.76 Å². The average Bonchev–Trinajstić information content (AvgIpc) is 2.94. The number of carbonyl (C=O) groups is 1. The molecule has 1 amide bonds. The van der Waals surface area contributed by atoms with Crippen molar-refractivity contribution in [2.75, 3.05) is 31.9 Å². The lowest BCUT2D eigenvalue weighted by atomic mass is 10.1. The lowest BCUT2D eigenvalue weighted by Crippen LogP contribution is -2.51. The number of nitrogens with one attached hydrogen (secondary N) is 1. The Bertz CT molecular complexity index is 923. The first-order chi connectivity index (χ1) is 11.9. The first kappa shape index (κ1) is 17.7. The van der Waals surface area contributed by atoms with Crippen LogP contribution < -0.4 is 5.76 Å². The summed E-state index contributed by atoms with van der Waals surface area (Å²) in [6.07, 6.45) is 0.783. The molecule has 1 aromatic carbocycles. The third-order valence-electron chi connectivity index (χ3n) is 4.29. The molecule has 9 heteroatoms. The molecule has 25 heavy (non-hydrogen) atoms. The molecular weight excluding hydrogens is 346 g/mol. The molecule has 1 N–H and O–H groups in total. The number of nitrogens with zero attached hydrogens (tertiary/aromatic N) is 2. The highest BCUT2D eigenvalue weighted by Crippen LogP contribution is 2.15. The van der Waals surface area contributed by atoms with E-state index in [0.717, 1.165) is 5.56 Å². The Morgan fingerprint density at radius 2 is 1.96 bits per heavy atom. The second kappa shape index (κ2) is 7.01. The van der Waals surface area contributed by atoms with Gasteiger partial charge in [0.2, 0.25) is 15.9 Å². The molecule has 1 fully saturated rings. The fourth-order valence-electron chi connectivity index (χ4n) is 3.00. The molecule has 1 aliphatic heterocycles. The normalized spacial score (nSPS) is 16.4. The van der Waals surface area contributed by atoms with E-state index < -0.39 is 15.8 Å². The van der Waals surface area contributed by atoms with Gasteiger partial charge in [-0.25, -0.2) is 13.2 Å². The predicted molar refractivity (Wildman–Crippen MR) is 92.8 cm³/mol. The summed E-state index contributed by atoms with van der Waals surface area (Å²) in [6, 6.07) is 5.13. The van der Waals surface area contributed by atoms with E-state index in [2.05, 4.69) is 4.98 Å². The van der Waals surface area contributed by atoms with E-state index >= 15 is 0 Å². The van der Waals surface area contributed by atoms with Crippen molar-refractivity contribution in [1.29, 1.82) is 0 Å². The van der Waals surface area contributed by atoms with Crippen molar-refractivity contribution in [3.8, 4) is 0 Å². The number of H-pyrrole nitrogens is 1. The van der Waals surface area contributed by atoms with Gasteiger partial charge in [-0.2, -0.15) is 4.31 Å². The van der Waals surface area contributed by atoms with E-state index in [9.17, 15) is 18.0 Å². The van der Waals surface area contributed by atoms with Crippen molar-refractivity contribution in [1.82, 2.24) is 14.2 Å². The van der Waals surface area contributed by atoms with Crippen LogP contribution in [0.25, 0.3) is 11.1 Å². The van der Waals surface area contributed by atoms with Crippen LogP contribution in [0.5, 0.6) is 0 Å². The topological polar surface area (TPSA) is 104 Å². The van der Waals surface area contributed by atoms with Crippen LogP contribution in [0.2, 0.25) is 0 Å². The average molecular weight is 367 g/mol. The molecule has 3 rings (SSSR count). The van der Waals surface area contributed by atoms with Crippen LogP contribution in [0.4, 0.5) is 0 Å². The minimum absolute atomic E-state index is 0.0577. The number of carbonyl (C=O) groups excluding carboxylic acids is 1. The molecule has 1 aromatic heterocycles. The van der Waals surface area contributed by atoms with Crippen LogP contribution >= 0.6 is 0 Å². The van der Waals surface area contributed by atoms with Crippen molar-refractivity contribution in [3.05, 3.63) is 34.3 Å². The number of rotatable bonds is 5. The van der Waals surface area contributed by atoms with Crippen LogP contribution in [0.1, 0.15) is 18.9 Å². The van der Waals surface area contributed by atoms with Crippen LogP contribution in [-0.2, 0) is 21.2 Å². The van der Waals surface area contributed by atoms with Crippen molar-refractivity contribution in [2.45, 2.75) is 19.8 Å². The van der Waals surface area contributed by atoms with E-state index in [0.29, 0.717) is 43.7 Å². The predicted octanol–water partition coefficient (Wildman–Crippen LogP) is 0.548. The van der Waals surface area contributed by atoms with Gasteiger partial charge in [-0.3, -0.25) is 9.78 Å². The monoisotopic (exact) mass is 367 g/mol. The van der Waals surface area contributed by atoms with Crippen molar-refractivity contribution < 1.29 is 17.6 Å². The number of fused-ring (bicyclic) bond motifs is 1. The van der Waals surface area contributed by atoms with Gasteiger partial charge in [-0.05, 0) is 24.1 Å². The lowest BCUT2D eigenvalue weighted by molar-refractivity contribution is -0.131. The molecule has 0 spiro atoms. The van der Waals surface area contributed by atoms with Gasteiger partial charge in [0.05, 0.1) is 17.7 Å². The molecule has 2 heterocycles. The number of benzene rings is 1. The summed E-state index contributed by atoms with van der Waals surface area (Å²) >= 11 is 0. The number of aromatic nitrogens is 1. The zero-order valence-corrected chi connectivity index (χ0v) is 14.8. The third-order valence-corrected chi connectivity index (χ3v) is 6.36. The molecule has 0 radical (unpaired) electrons. The SMILES string of the molecule is CCCS(=O)(=O)N1CCN(C(=O)Cc2ccc3oc(=O)[nH]c3c2)CC1. The highest BCUT2D eigenvalue weighted by atomic mass is 32.2. The van der Waals surface area contributed by atoms with E-state index in [1.807, 2.05) is 6.92 Å². The van der Waals surface area contributed by atoms with E-state index in [1.54, 1.807) is 23.1 Å². The molecule has 2 aromatic rings. The van der Waals surface area contributed by atoms with E-state index in [4.69, 9.17) is 4.42 Å². The number of amides is 1. The summed E-state index contributed by atoms with van der Waals surface area (Å²) in [5.74, 6) is -0.440. The quantitative estimate of drug-likeness (QED) is 0.831. The van der Waals surface area contributed by atoms with Gasteiger partial charge in [-0.1, -0.05) is 13.0 Å². The Hall–Kier alpha value is -2.13. The summed E-state index contributed by atoms with van der Waals surface area (Å²) in [7, 11) is -3.21. The zero-order valence-electron chi connectivity index (χ0n) is 14.0. The largest absolute Gasteiger partial charge is 0.417 e. The number of hydrogen-bond acceptors (Lipinski definition) is 5. The van der Waals surface area contributed by atoms with Gasteiger partial charge in [0.15, 0.2) is 5.58 Å². The molecule has 1 aliphatic rings. The Labute approximate surface area is 145 Å². The Morgan fingerprint density at radius 1 is 1.24 bits per heavy atom. The van der Waals surface area contributed by atoms with Crippen LogP contribution in [0.3, 0.4) is 0 Å². The van der Waals surface area contributed by atoms with Crippen molar-refractivity contribution >= 4 is 27.0 Å². The molecule has 0 atom stereocenters. The Kier molecular flexibility index (Phi) is 4.96. The number of piperazine rings is 1. The highest BCUT2D eigenvalue weighted by Gasteiger charge is 2.28. The maximum atomic E-state index is 12.5. The molecule has 0 unspecified atom stereocenters. The smallest absolute Gasteiger partial charge is 0.408 e. The number of hydrogen-bond donors (Lipinski definition) is 1. The lowest BCUT2D eigenvalue weighted by Gasteiger charge is -2.34. The molecule has 136 valence electrons. The minimum Gasteiger partial charge on any atom is -0.408 e. The van der Waals surface area contributed by atoms with Gasteiger partial charge < -0.3 is 9.32 Å². The van der Waals surface area contributed by atoms with Gasteiger partial charge in [-0.15, -0.1) is 0 Å². The molecule has 8 nitrogen and oxygen atoms in total. The second-order valence-electron chi connectivity index (χ2n) is 6.12. The summed E-state index contributed by atoms with van der Waals surface area (Å²) in [4.78, 5) is 27.9. The summed E-state index contributed by atoms with van der Waals surface area (Å²) in [6.45, 7) is 3.30. The summed E-state index contributed by atoms with van der Waals surface area (Å²) in [5.41, 5.74) is 1.79. The van der Waals surface area contributed by atoms with E-state index in [-0.39, 0.29) is 18.1 Å². The van der Waals surface area contributed by atoms with Crippen LogP contribution in [0, 0.1) is 0 Å². The first-order valence-electron chi connectivity index (χ1n) is 8.26. The summed E-state index contributed by atoms with van der Waals surface area (Å²) in [5, 5.41) is 0. The van der Waals surface area contributed by atoms with Crippen LogP contribution in [0.15, 0.2) is 27.4 Å². The van der Waals surface area contributed by atoms with Crippen molar-refractivity contribution in [2.24, 2.45) is 0 Å². The van der Waals surface area contributed by atoms with E-state index in [1.165, 1.54) is 4.31 Å². The van der Waals surface area contributed by atoms with Gasteiger partial charge in [0.25, 0.3) is 0 Å². The maximum Gasteiger partial charge on any atom is 0.417 e. The third kappa shape index (κ3) is 3.93. The zero-order chi connectivity index (χ0) is 18.0. The maximum absolute atomic E-state index is 12.5. The van der Waals surface area contributed by atoms with Gasteiger partial charge in [0.1, 0.15) is 0 Å². The standard InChI is InChI=1S/C16H21N3O5S/c1-2-9-25(22,23)19-7-5-18(6-8-19)15(20)11-12-3-4-14-13(10-12)17-16(21)24-14/h3-4,10H,2,5-9,11H2,1H3,(H,17,21). The second-order valence-corrected chi connectivity index (χ2v) is 8.21. The summed E-state index contributed by atoms with van der Waals surface area (Å²) < 4.78 is 30.5. The van der Waals surface area contributed by atoms with Gasteiger partial charge in [0, 0.05) is 26.2 Å². The minimum atomic E-state index is -3.21. The Morgan fingerprint density at radius 3 is 2.64 bits per heavy atom. The highest BCUT2D eigenvalue weighted by molar-refractivity contribution is 7.89. The number of aromatic amines is 1.